The number of imide groups is 1. The van der Waals surface area contributed by atoms with Crippen LogP contribution in [-0.2, 0) is 11.3 Å². The number of aliphatic imine (C=N–C) groups is 1. The summed E-state index contributed by atoms with van der Waals surface area (Å²) in [5, 5.41) is 1.41. The average Bonchev–Trinajstić information content (AvgIpc) is 2.98. The molecule has 0 radical (unpaired) electrons. The number of carbonyl (C=O) groups excluding carboxylic acids is 2. The van der Waals surface area contributed by atoms with E-state index in [9.17, 15) is 9.59 Å². The van der Waals surface area contributed by atoms with E-state index in [0.717, 1.165) is 27.8 Å². The normalized spacial score (nSPS) is 19.9. The summed E-state index contributed by atoms with van der Waals surface area (Å²) < 4.78 is 1.96. The van der Waals surface area contributed by atoms with Crippen molar-refractivity contribution in [1.82, 2.24) is 9.80 Å². The molecule has 6 nitrogen and oxygen atoms in total. The third-order valence-corrected chi connectivity index (χ3v) is 6.11. The molecule has 0 aliphatic carbocycles. The van der Waals surface area contributed by atoms with Crippen LogP contribution in [0.3, 0.4) is 0 Å². The van der Waals surface area contributed by atoms with Crippen LogP contribution in [0, 0.1) is 5.92 Å². The monoisotopic (exact) mass is 407 g/mol. The third-order valence-electron chi connectivity index (χ3n) is 4.72. The predicted molar refractivity (Wildman–Crippen MR) is 109 cm³/mol. The van der Waals surface area contributed by atoms with Gasteiger partial charge in [0.15, 0.2) is 0 Å². The fourth-order valence-electron chi connectivity index (χ4n) is 3.05. The van der Waals surface area contributed by atoms with Crippen molar-refractivity contribution >= 4 is 46.3 Å². The molecule has 3 rings (SSSR count). The highest BCUT2D eigenvalue weighted by molar-refractivity contribution is 8.13. The van der Waals surface area contributed by atoms with E-state index in [2.05, 4.69) is 18.8 Å². The molecule has 0 N–H and O–H groups in total. The zero-order valence-electron chi connectivity index (χ0n) is 16.0. The fraction of sp³-hybridized carbons (Fsp3) is 0.474. The number of amidine groups is 2. The minimum absolute atomic E-state index is 0.261. The summed E-state index contributed by atoms with van der Waals surface area (Å²) in [4.78, 5) is 32.5. The number of carbonyl (C=O) groups is 2. The highest BCUT2D eigenvalue weighted by Gasteiger charge is 2.53. The van der Waals surface area contributed by atoms with Crippen LogP contribution < -0.4 is 0 Å². The first-order chi connectivity index (χ1) is 12.8. The molecule has 0 bridgehead atoms. The van der Waals surface area contributed by atoms with Gasteiger partial charge in [0.25, 0.3) is 17.8 Å². The third kappa shape index (κ3) is 3.89. The Morgan fingerprint density at radius 3 is 2.59 bits per heavy atom. The molecular weight excluding hydrogens is 384 g/mol. The first-order valence-electron chi connectivity index (χ1n) is 8.95. The molecule has 27 heavy (non-hydrogen) atoms. The van der Waals surface area contributed by atoms with Crippen molar-refractivity contribution in [2.24, 2.45) is 10.9 Å². The van der Waals surface area contributed by atoms with Gasteiger partial charge >= 0.3 is 11.2 Å². The molecule has 3 amide bonds. The number of fused-ring (bicyclic) bond motifs is 1. The number of hydrogen-bond acceptors (Lipinski definition) is 4. The van der Waals surface area contributed by atoms with Crippen LogP contribution >= 0.6 is 23.4 Å². The molecule has 1 unspecified atom stereocenters. The lowest BCUT2D eigenvalue weighted by atomic mass is 10.1. The van der Waals surface area contributed by atoms with E-state index in [1.807, 2.05) is 28.8 Å². The quantitative estimate of drug-likeness (QED) is 0.704. The van der Waals surface area contributed by atoms with Crippen LogP contribution in [0.2, 0.25) is 5.02 Å². The van der Waals surface area contributed by atoms with Crippen LogP contribution in [0.4, 0.5) is 4.79 Å². The number of halogens is 1. The number of urea groups is 1. The molecule has 0 spiro atoms. The SMILES string of the molecule is CC(C)CCSC1=[N+](Cc2ccccc2Cl)C2C(=O)N(C)C(=O)N(C)C2=N1. The van der Waals surface area contributed by atoms with Crippen LogP contribution in [-0.4, -0.2) is 63.2 Å². The Bertz CT molecular complexity index is 837. The molecule has 1 aromatic rings. The van der Waals surface area contributed by atoms with E-state index in [1.54, 1.807) is 18.8 Å². The van der Waals surface area contributed by atoms with Gasteiger partial charge < -0.3 is 0 Å². The number of nitrogens with zero attached hydrogens (tertiary/aromatic N) is 4. The summed E-state index contributed by atoms with van der Waals surface area (Å²) in [5.74, 6) is 1.71. The summed E-state index contributed by atoms with van der Waals surface area (Å²) in [6, 6.07) is 6.63. The Hall–Kier alpha value is -1.86. The predicted octanol–water partition coefficient (Wildman–Crippen LogP) is 3.29. The fourth-order valence-corrected chi connectivity index (χ4v) is 4.51. The van der Waals surface area contributed by atoms with E-state index in [0.29, 0.717) is 23.3 Å². The smallest absolute Gasteiger partial charge is 0.269 e. The first-order valence-corrected chi connectivity index (χ1v) is 10.3. The standard InChI is InChI=1S/C19H24ClN4O2S/c1-12(2)9-10-27-18-21-16-15(17(25)23(4)19(26)22(16)3)24(18)11-13-7-5-6-8-14(13)20/h5-8,12,15H,9-11H2,1-4H3/q+1. The summed E-state index contributed by atoms with van der Waals surface area (Å²) in [7, 11) is 3.17. The van der Waals surface area contributed by atoms with Gasteiger partial charge in [-0.2, -0.15) is 0 Å². The molecule has 2 heterocycles. The van der Waals surface area contributed by atoms with Gasteiger partial charge in [0, 0.05) is 30.4 Å². The Kier molecular flexibility index (Phi) is 5.91. The first kappa shape index (κ1) is 19.9. The number of thioether (sulfide) groups is 1. The molecule has 1 aromatic carbocycles. The van der Waals surface area contributed by atoms with Gasteiger partial charge in [0.2, 0.25) is 0 Å². The largest absolute Gasteiger partial charge is 0.358 e. The highest BCUT2D eigenvalue weighted by atomic mass is 35.5. The maximum Gasteiger partial charge on any atom is 0.358 e. The molecule has 0 aromatic heterocycles. The van der Waals surface area contributed by atoms with Crippen molar-refractivity contribution in [3.8, 4) is 0 Å². The maximum atomic E-state index is 12.9. The highest BCUT2D eigenvalue weighted by Crippen LogP contribution is 2.26. The molecule has 1 fully saturated rings. The second kappa shape index (κ2) is 8.02. The van der Waals surface area contributed by atoms with Crippen molar-refractivity contribution in [3.05, 3.63) is 34.9 Å². The number of benzene rings is 1. The van der Waals surface area contributed by atoms with Gasteiger partial charge in [0.1, 0.15) is 6.54 Å². The van der Waals surface area contributed by atoms with Crippen molar-refractivity contribution in [3.63, 3.8) is 0 Å². The summed E-state index contributed by atoms with van der Waals surface area (Å²) >= 11 is 7.97. The lowest BCUT2D eigenvalue weighted by molar-refractivity contribution is -0.548. The zero-order chi connectivity index (χ0) is 19.7. The molecule has 1 atom stereocenters. The lowest BCUT2D eigenvalue weighted by Gasteiger charge is -2.30. The molecule has 2 aliphatic rings. The van der Waals surface area contributed by atoms with E-state index < -0.39 is 6.04 Å². The Morgan fingerprint density at radius 2 is 1.93 bits per heavy atom. The number of amides is 3. The van der Waals surface area contributed by atoms with Crippen LogP contribution in [0.5, 0.6) is 0 Å². The molecule has 8 heteroatoms. The van der Waals surface area contributed by atoms with Crippen LogP contribution in [0.1, 0.15) is 25.8 Å². The molecule has 1 saturated heterocycles. The molecular formula is C19H24ClN4O2S+. The molecule has 144 valence electrons. The van der Waals surface area contributed by atoms with E-state index >= 15 is 0 Å². The van der Waals surface area contributed by atoms with Crippen LogP contribution in [0.25, 0.3) is 0 Å². The molecule has 2 aliphatic heterocycles. The number of hydrogen-bond donors (Lipinski definition) is 0. The van der Waals surface area contributed by atoms with Crippen LogP contribution in [0.15, 0.2) is 29.3 Å². The van der Waals surface area contributed by atoms with E-state index in [4.69, 9.17) is 11.6 Å². The van der Waals surface area contributed by atoms with Gasteiger partial charge in [-0.15, -0.1) is 0 Å². The minimum Gasteiger partial charge on any atom is -0.269 e. The van der Waals surface area contributed by atoms with Crippen molar-refractivity contribution in [2.45, 2.75) is 32.9 Å². The van der Waals surface area contributed by atoms with Gasteiger partial charge in [-0.05, 0) is 35.2 Å². The summed E-state index contributed by atoms with van der Waals surface area (Å²) in [5.41, 5.74) is 0.924. The Balaban J connectivity index is 1.97. The van der Waals surface area contributed by atoms with Crippen molar-refractivity contribution in [1.29, 1.82) is 0 Å². The lowest BCUT2D eigenvalue weighted by Crippen LogP contribution is -2.61. The Morgan fingerprint density at radius 1 is 1.22 bits per heavy atom. The minimum atomic E-state index is -0.601. The van der Waals surface area contributed by atoms with Gasteiger partial charge in [-0.1, -0.05) is 43.6 Å². The van der Waals surface area contributed by atoms with Gasteiger partial charge in [-0.3, -0.25) is 14.6 Å². The average molecular weight is 408 g/mol. The summed E-state index contributed by atoms with van der Waals surface area (Å²) in [6.07, 6.45) is 1.05. The maximum absolute atomic E-state index is 12.9. The topological polar surface area (TPSA) is 56.0 Å². The number of rotatable bonds is 5. The van der Waals surface area contributed by atoms with Crippen molar-refractivity contribution in [2.75, 3.05) is 19.8 Å². The second-order valence-corrected chi connectivity index (χ2v) is 8.61. The van der Waals surface area contributed by atoms with Crippen molar-refractivity contribution < 1.29 is 14.2 Å². The second-order valence-electron chi connectivity index (χ2n) is 7.14. The van der Waals surface area contributed by atoms with Gasteiger partial charge in [0.05, 0.1) is 0 Å². The number of likely N-dealkylation sites (N-methyl/N-ethyl adjacent to an activating group) is 2. The summed E-state index contributed by atoms with van der Waals surface area (Å²) in [6.45, 7) is 4.82. The zero-order valence-corrected chi connectivity index (χ0v) is 17.5. The molecule has 0 saturated carbocycles. The Labute approximate surface area is 168 Å². The van der Waals surface area contributed by atoms with E-state index in [-0.39, 0.29) is 11.9 Å². The van der Waals surface area contributed by atoms with E-state index in [1.165, 1.54) is 11.9 Å². The van der Waals surface area contributed by atoms with Gasteiger partial charge in [-0.25, -0.2) is 9.37 Å².